The van der Waals surface area contributed by atoms with Gasteiger partial charge in [0.2, 0.25) is 5.91 Å². The van der Waals surface area contributed by atoms with Crippen molar-refractivity contribution in [2.75, 3.05) is 64.2 Å². The Morgan fingerprint density at radius 2 is 0.897 bits per heavy atom. The van der Waals surface area contributed by atoms with Crippen LogP contribution in [0.25, 0.3) is 11.1 Å². The number of amides is 1. The Bertz CT molecular complexity index is 1110. The Kier molecular flexibility index (Phi) is 12.5. The van der Waals surface area contributed by atoms with E-state index in [1.165, 1.54) is 9.80 Å². The fourth-order valence-electron chi connectivity index (χ4n) is 3.81. The highest BCUT2D eigenvalue weighted by Gasteiger charge is 2.19. The molecule has 0 saturated carbocycles. The Labute approximate surface area is 224 Å². The predicted molar refractivity (Wildman–Crippen MR) is 140 cm³/mol. The van der Waals surface area contributed by atoms with Crippen LogP contribution in [0.2, 0.25) is 0 Å². The molecular formula is C26H32N4O9. The summed E-state index contributed by atoms with van der Waals surface area (Å²) in [5.41, 5.74) is 2.51. The van der Waals surface area contributed by atoms with Crippen LogP contribution in [0.3, 0.4) is 0 Å². The summed E-state index contributed by atoms with van der Waals surface area (Å²) < 4.78 is 0. The molecule has 0 fully saturated rings. The molecule has 0 unspecified atom stereocenters. The van der Waals surface area contributed by atoms with E-state index in [-0.39, 0.29) is 32.7 Å². The van der Waals surface area contributed by atoms with Crippen molar-refractivity contribution in [2.45, 2.75) is 0 Å². The predicted octanol–water partition coefficient (Wildman–Crippen LogP) is 0.537. The van der Waals surface area contributed by atoms with Gasteiger partial charge in [-0.25, -0.2) is 0 Å². The molecule has 0 aliphatic heterocycles. The van der Waals surface area contributed by atoms with Crippen molar-refractivity contribution in [3.63, 3.8) is 0 Å². The van der Waals surface area contributed by atoms with Crippen LogP contribution in [-0.4, -0.2) is 124 Å². The number of carboxylic acids is 4. The van der Waals surface area contributed by atoms with Gasteiger partial charge in [-0.1, -0.05) is 42.5 Å². The third-order valence-corrected chi connectivity index (χ3v) is 5.54. The molecule has 13 heteroatoms. The average molecular weight is 545 g/mol. The smallest absolute Gasteiger partial charge is 0.317 e. The Morgan fingerprint density at radius 3 is 1.36 bits per heavy atom. The molecule has 0 aliphatic rings. The van der Waals surface area contributed by atoms with Crippen LogP contribution < -0.4 is 5.32 Å². The molecule has 2 rings (SSSR count). The number of anilines is 1. The van der Waals surface area contributed by atoms with Crippen LogP contribution in [-0.2, 0) is 24.0 Å². The topological polar surface area (TPSA) is 188 Å². The van der Waals surface area contributed by atoms with Crippen molar-refractivity contribution in [3.8, 4) is 11.1 Å². The Hall–Kier alpha value is -4.33. The van der Waals surface area contributed by atoms with Crippen LogP contribution in [0, 0.1) is 0 Å². The van der Waals surface area contributed by atoms with Gasteiger partial charge >= 0.3 is 23.9 Å². The summed E-state index contributed by atoms with van der Waals surface area (Å²) in [6.45, 7) is -2.18. The molecular weight excluding hydrogens is 512 g/mol. The highest BCUT2D eigenvalue weighted by Crippen LogP contribution is 2.21. The highest BCUT2D eigenvalue weighted by molar-refractivity contribution is 5.92. The van der Waals surface area contributed by atoms with Gasteiger partial charge in [-0.2, -0.15) is 0 Å². The lowest BCUT2D eigenvalue weighted by atomic mass is 10.1. The van der Waals surface area contributed by atoms with Crippen LogP contribution in [0.1, 0.15) is 0 Å². The van der Waals surface area contributed by atoms with Crippen molar-refractivity contribution >= 4 is 35.5 Å². The Balaban J connectivity index is 1.97. The van der Waals surface area contributed by atoms with Gasteiger partial charge < -0.3 is 25.7 Å². The van der Waals surface area contributed by atoms with Crippen molar-refractivity contribution in [1.29, 1.82) is 0 Å². The highest BCUT2D eigenvalue weighted by atomic mass is 16.4. The maximum atomic E-state index is 12.6. The number of nitrogens with one attached hydrogen (secondary N) is 1. The summed E-state index contributed by atoms with van der Waals surface area (Å²) in [5, 5.41) is 39.2. The number of rotatable bonds is 18. The molecule has 0 radical (unpaired) electrons. The zero-order valence-corrected chi connectivity index (χ0v) is 21.2. The molecule has 0 atom stereocenters. The minimum atomic E-state index is -1.23. The van der Waals surface area contributed by atoms with Gasteiger partial charge in [-0.05, 0) is 23.3 Å². The summed E-state index contributed by atoms with van der Waals surface area (Å²) in [6, 6.07) is 16.8. The van der Waals surface area contributed by atoms with Gasteiger partial charge in [0.15, 0.2) is 0 Å². The maximum Gasteiger partial charge on any atom is 0.317 e. The van der Waals surface area contributed by atoms with E-state index in [1.807, 2.05) is 42.5 Å². The maximum absolute atomic E-state index is 12.6. The number of carbonyl (C=O) groups is 5. The van der Waals surface area contributed by atoms with E-state index in [0.29, 0.717) is 5.69 Å². The molecule has 5 N–H and O–H groups in total. The first-order valence-corrected chi connectivity index (χ1v) is 12.0. The second kappa shape index (κ2) is 15.8. The van der Waals surface area contributed by atoms with E-state index in [0.717, 1.165) is 16.0 Å². The van der Waals surface area contributed by atoms with E-state index >= 15 is 0 Å². The van der Waals surface area contributed by atoms with Gasteiger partial charge in [-0.3, -0.25) is 38.7 Å². The number of carboxylic acid groups (broad SMARTS) is 4. The summed E-state index contributed by atoms with van der Waals surface area (Å²) >= 11 is 0. The minimum Gasteiger partial charge on any atom is -0.480 e. The zero-order valence-electron chi connectivity index (χ0n) is 21.2. The standard InChI is InChI=1S/C26H32N4O9/c31-22(27-21-8-6-20(7-9-21)19-4-2-1-3-5-19)14-29(16-24(34)35)12-10-28(15-23(32)33)11-13-30(17-25(36)37)18-26(38)39/h1-9H,10-18H2,(H,27,31)(H,32,33)(H,34,35)(H,36,37)(H,38,39). The van der Waals surface area contributed by atoms with Gasteiger partial charge in [0.25, 0.3) is 0 Å². The number of hydrogen-bond acceptors (Lipinski definition) is 8. The lowest BCUT2D eigenvalue weighted by molar-refractivity contribution is -0.143. The normalized spacial score (nSPS) is 11.1. The van der Waals surface area contributed by atoms with Crippen molar-refractivity contribution in [1.82, 2.24) is 14.7 Å². The molecule has 2 aromatic rings. The summed E-state index contributed by atoms with van der Waals surface area (Å²) in [6.07, 6.45) is 0. The summed E-state index contributed by atoms with van der Waals surface area (Å²) in [4.78, 5) is 61.2. The van der Waals surface area contributed by atoms with Crippen LogP contribution >= 0.6 is 0 Å². The molecule has 39 heavy (non-hydrogen) atoms. The average Bonchev–Trinajstić information content (AvgIpc) is 2.85. The first kappa shape index (κ1) is 30.9. The number of carbonyl (C=O) groups excluding carboxylic acids is 1. The quantitative estimate of drug-likeness (QED) is 0.175. The monoisotopic (exact) mass is 544 g/mol. The minimum absolute atomic E-state index is 0.0216. The molecule has 0 spiro atoms. The second-order valence-corrected chi connectivity index (χ2v) is 8.76. The van der Waals surface area contributed by atoms with Crippen LogP contribution in [0.15, 0.2) is 54.6 Å². The molecule has 210 valence electrons. The number of benzene rings is 2. The first-order valence-electron chi connectivity index (χ1n) is 12.0. The largest absolute Gasteiger partial charge is 0.480 e. The van der Waals surface area contributed by atoms with Crippen LogP contribution in [0.4, 0.5) is 5.69 Å². The number of hydrogen-bond donors (Lipinski definition) is 5. The van der Waals surface area contributed by atoms with Gasteiger partial charge in [0, 0.05) is 31.9 Å². The summed E-state index contributed by atoms with van der Waals surface area (Å²) in [5.74, 6) is -5.25. The lowest BCUT2D eigenvalue weighted by Gasteiger charge is -2.27. The van der Waals surface area contributed by atoms with Crippen molar-refractivity contribution < 1.29 is 44.4 Å². The number of nitrogens with zero attached hydrogens (tertiary/aromatic N) is 3. The third-order valence-electron chi connectivity index (χ3n) is 5.54. The van der Waals surface area contributed by atoms with E-state index < -0.39 is 56.0 Å². The van der Waals surface area contributed by atoms with E-state index in [2.05, 4.69) is 5.32 Å². The molecule has 0 aromatic heterocycles. The van der Waals surface area contributed by atoms with E-state index in [9.17, 15) is 34.2 Å². The van der Waals surface area contributed by atoms with E-state index in [4.69, 9.17) is 10.2 Å². The number of aliphatic carboxylic acids is 4. The molecule has 0 saturated heterocycles. The fourth-order valence-corrected chi connectivity index (χ4v) is 3.81. The molecule has 1 amide bonds. The zero-order chi connectivity index (χ0) is 28.8. The summed E-state index contributed by atoms with van der Waals surface area (Å²) in [7, 11) is 0. The second-order valence-electron chi connectivity index (χ2n) is 8.76. The molecule has 0 aliphatic carbocycles. The van der Waals surface area contributed by atoms with E-state index in [1.54, 1.807) is 12.1 Å². The molecule has 13 nitrogen and oxygen atoms in total. The van der Waals surface area contributed by atoms with Crippen LogP contribution in [0.5, 0.6) is 0 Å². The molecule has 2 aromatic carbocycles. The SMILES string of the molecule is O=C(O)CN(CCN(CC(=O)O)CC(=O)O)CCN(CC(=O)O)CC(=O)Nc1ccc(-c2ccccc2)cc1. The Morgan fingerprint density at radius 1 is 0.513 bits per heavy atom. The lowest BCUT2D eigenvalue weighted by Crippen LogP contribution is -2.46. The first-order chi connectivity index (χ1) is 18.5. The van der Waals surface area contributed by atoms with Crippen molar-refractivity contribution in [2.24, 2.45) is 0 Å². The molecule has 0 heterocycles. The van der Waals surface area contributed by atoms with Gasteiger partial charge in [0.1, 0.15) is 0 Å². The third kappa shape index (κ3) is 12.6. The van der Waals surface area contributed by atoms with Gasteiger partial charge in [0.05, 0.1) is 32.7 Å². The van der Waals surface area contributed by atoms with Gasteiger partial charge in [-0.15, -0.1) is 0 Å². The molecule has 0 bridgehead atoms. The van der Waals surface area contributed by atoms with Crippen molar-refractivity contribution in [3.05, 3.63) is 54.6 Å². The fraction of sp³-hybridized carbons (Fsp3) is 0.346.